The molecule has 0 spiro atoms. The summed E-state index contributed by atoms with van der Waals surface area (Å²) >= 11 is 5.97. The first-order valence-electron chi connectivity index (χ1n) is 7.72. The Hall–Kier alpha value is -3.05. The molecule has 1 heterocycles. The first kappa shape index (κ1) is 15.5. The van der Waals surface area contributed by atoms with Crippen molar-refractivity contribution in [2.24, 2.45) is 0 Å². The van der Waals surface area contributed by atoms with Gasteiger partial charge < -0.3 is 9.84 Å². The number of ether oxygens (including phenoxy) is 1. The van der Waals surface area contributed by atoms with Crippen molar-refractivity contribution in [2.45, 2.75) is 6.61 Å². The summed E-state index contributed by atoms with van der Waals surface area (Å²) < 4.78 is 5.71. The van der Waals surface area contributed by atoms with Gasteiger partial charge in [0.15, 0.2) is 0 Å². The number of aromatic nitrogens is 3. The van der Waals surface area contributed by atoms with Crippen molar-refractivity contribution in [1.82, 2.24) is 15.0 Å². The van der Waals surface area contributed by atoms with Crippen LogP contribution in [0.3, 0.4) is 0 Å². The van der Waals surface area contributed by atoms with E-state index in [1.54, 1.807) is 36.4 Å². The monoisotopic (exact) mass is 351 g/mol. The second-order valence-corrected chi connectivity index (χ2v) is 5.98. The molecule has 0 aliphatic carbocycles. The second-order valence-electron chi connectivity index (χ2n) is 5.55. The van der Waals surface area contributed by atoms with E-state index in [-0.39, 0.29) is 5.75 Å². The minimum atomic E-state index is 0.0389. The van der Waals surface area contributed by atoms with Gasteiger partial charge in [-0.25, -0.2) is 0 Å². The molecule has 0 radical (unpaired) electrons. The van der Waals surface area contributed by atoms with Crippen LogP contribution in [0.2, 0.25) is 5.02 Å². The highest BCUT2D eigenvalue weighted by Crippen LogP contribution is 2.27. The van der Waals surface area contributed by atoms with E-state index in [1.807, 2.05) is 30.3 Å². The van der Waals surface area contributed by atoms with Crippen LogP contribution in [0.1, 0.15) is 5.56 Å². The van der Waals surface area contributed by atoms with Crippen molar-refractivity contribution < 1.29 is 9.84 Å². The van der Waals surface area contributed by atoms with Gasteiger partial charge in [-0.05, 0) is 35.9 Å². The predicted octanol–water partition coefficient (Wildman–Crippen LogP) is 4.36. The van der Waals surface area contributed by atoms with Crippen LogP contribution in [0.15, 0.2) is 66.7 Å². The molecule has 4 aromatic rings. The number of hydrogen-bond acceptors (Lipinski definition) is 4. The van der Waals surface area contributed by atoms with Crippen LogP contribution in [0.5, 0.6) is 11.5 Å². The molecule has 1 aromatic heterocycles. The topological polar surface area (TPSA) is 60.2 Å². The maximum atomic E-state index is 10.3. The number of fused-ring (bicyclic) bond motifs is 1. The Bertz CT molecular complexity index is 1030. The van der Waals surface area contributed by atoms with Crippen LogP contribution < -0.4 is 4.74 Å². The Morgan fingerprint density at radius 1 is 0.920 bits per heavy atom. The molecule has 0 fully saturated rings. The third-order valence-electron chi connectivity index (χ3n) is 3.75. The number of phenols is 1. The van der Waals surface area contributed by atoms with Crippen molar-refractivity contribution in [3.8, 4) is 17.2 Å². The average molecular weight is 352 g/mol. The van der Waals surface area contributed by atoms with Crippen LogP contribution in [-0.4, -0.2) is 20.1 Å². The highest BCUT2D eigenvalue weighted by Gasteiger charge is 2.10. The number of nitrogens with zero attached hydrogens (tertiary/aromatic N) is 3. The van der Waals surface area contributed by atoms with Gasteiger partial charge in [-0.1, -0.05) is 41.9 Å². The smallest absolute Gasteiger partial charge is 0.146 e. The van der Waals surface area contributed by atoms with Gasteiger partial charge in [0.25, 0.3) is 0 Å². The Kier molecular flexibility index (Phi) is 3.99. The highest BCUT2D eigenvalue weighted by molar-refractivity contribution is 6.31. The van der Waals surface area contributed by atoms with Crippen molar-refractivity contribution in [2.75, 3.05) is 0 Å². The summed E-state index contributed by atoms with van der Waals surface area (Å²) in [6.07, 6.45) is 0. The molecule has 0 saturated carbocycles. The molecule has 0 unspecified atom stereocenters. The number of aromatic hydroxyl groups is 1. The van der Waals surface area contributed by atoms with Gasteiger partial charge in [0.2, 0.25) is 0 Å². The normalized spacial score (nSPS) is 10.9. The van der Waals surface area contributed by atoms with E-state index < -0.39 is 0 Å². The summed E-state index contributed by atoms with van der Waals surface area (Å²) in [5, 5.41) is 19.6. The first-order chi connectivity index (χ1) is 12.2. The average Bonchev–Trinajstić information content (AvgIpc) is 3.03. The van der Waals surface area contributed by atoms with Gasteiger partial charge in [-0.3, -0.25) is 0 Å². The quantitative estimate of drug-likeness (QED) is 0.593. The van der Waals surface area contributed by atoms with E-state index >= 15 is 0 Å². The molecular weight excluding hydrogens is 338 g/mol. The maximum absolute atomic E-state index is 10.3. The van der Waals surface area contributed by atoms with Gasteiger partial charge >= 0.3 is 0 Å². The molecule has 0 aliphatic rings. The minimum Gasteiger partial charge on any atom is -0.505 e. The van der Waals surface area contributed by atoms with Crippen molar-refractivity contribution >= 4 is 22.6 Å². The summed E-state index contributed by atoms with van der Waals surface area (Å²) in [5.74, 6) is 0.613. The summed E-state index contributed by atoms with van der Waals surface area (Å²) in [5.41, 5.74) is 2.90. The largest absolute Gasteiger partial charge is 0.505 e. The van der Waals surface area contributed by atoms with Crippen molar-refractivity contribution in [3.63, 3.8) is 0 Å². The lowest BCUT2D eigenvalue weighted by Gasteiger charge is -2.08. The molecule has 3 aromatic carbocycles. The van der Waals surface area contributed by atoms with Crippen molar-refractivity contribution in [3.05, 3.63) is 77.3 Å². The fraction of sp³-hybridized carbons (Fsp3) is 0.0526. The summed E-state index contributed by atoms with van der Waals surface area (Å²) in [4.78, 5) is 1.39. The Morgan fingerprint density at radius 3 is 2.52 bits per heavy atom. The van der Waals surface area contributed by atoms with Crippen molar-refractivity contribution in [1.29, 1.82) is 0 Å². The van der Waals surface area contributed by atoms with E-state index in [0.717, 1.165) is 5.56 Å². The van der Waals surface area contributed by atoms with Gasteiger partial charge in [0.1, 0.15) is 34.8 Å². The number of phenolic OH excluding ortho intramolecular Hbond substituents is 1. The summed E-state index contributed by atoms with van der Waals surface area (Å²) in [7, 11) is 0. The zero-order valence-electron chi connectivity index (χ0n) is 13.1. The Morgan fingerprint density at radius 2 is 1.72 bits per heavy atom. The van der Waals surface area contributed by atoms with Gasteiger partial charge in [-0.15, -0.1) is 15.0 Å². The molecule has 0 amide bonds. The number of benzene rings is 3. The standard InChI is InChI=1S/C19H14ClN3O2/c20-14-6-8-16-17(10-14)22-23(21-16)18-9-7-15(11-19(18)24)25-12-13-4-2-1-3-5-13/h1-11,24H,12H2. The fourth-order valence-electron chi connectivity index (χ4n) is 2.50. The lowest BCUT2D eigenvalue weighted by atomic mass is 10.2. The van der Waals surface area contributed by atoms with E-state index in [4.69, 9.17) is 16.3 Å². The van der Waals surface area contributed by atoms with Crippen LogP contribution in [0, 0.1) is 0 Å². The van der Waals surface area contributed by atoms with Crippen LogP contribution in [0.4, 0.5) is 0 Å². The van der Waals surface area contributed by atoms with Gasteiger partial charge in [0.05, 0.1) is 0 Å². The number of rotatable bonds is 4. The molecule has 124 valence electrons. The van der Waals surface area contributed by atoms with Crippen LogP contribution in [0.25, 0.3) is 16.7 Å². The minimum absolute atomic E-state index is 0.0389. The maximum Gasteiger partial charge on any atom is 0.146 e. The van der Waals surface area contributed by atoms with E-state index in [1.165, 1.54) is 4.80 Å². The Balaban J connectivity index is 1.58. The van der Waals surface area contributed by atoms with Gasteiger partial charge in [-0.2, -0.15) is 0 Å². The van der Waals surface area contributed by atoms with Gasteiger partial charge in [0, 0.05) is 11.1 Å². The fourth-order valence-corrected chi connectivity index (χ4v) is 2.66. The number of halogens is 1. The highest BCUT2D eigenvalue weighted by atomic mass is 35.5. The molecule has 0 aliphatic heterocycles. The molecule has 0 bridgehead atoms. The van der Waals surface area contributed by atoms with Crippen LogP contribution >= 0.6 is 11.6 Å². The van der Waals surface area contributed by atoms with E-state index in [0.29, 0.717) is 34.1 Å². The zero-order valence-corrected chi connectivity index (χ0v) is 13.9. The SMILES string of the molecule is Oc1cc(OCc2ccccc2)ccc1-n1nc2ccc(Cl)cc2n1. The molecular formula is C19H14ClN3O2. The molecule has 25 heavy (non-hydrogen) atoms. The molecule has 0 atom stereocenters. The van der Waals surface area contributed by atoms with E-state index in [2.05, 4.69) is 10.2 Å². The molecule has 4 rings (SSSR count). The second kappa shape index (κ2) is 6.45. The van der Waals surface area contributed by atoms with Crippen LogP contribution in [-0.2, 0) is 6.61 Å². The predicted molar refractivity (Wildman–Crippen MR) is 96.3 cm³/mol. The third-order valence-corrected chi connectivity index (χ3v) is 3.99. The van der Waals surface area contributed by atoms with E-state index in [9.17, 15) is 5.11 Å². The molecule has 5 nitrogen and oxygen atoms in total. The lowest BCUT2D eigenvalue weighted by molar-refractivity contribution is 0.304. The first-order valence-corrected chi connectivity index (χ1v) is 8.09. The third kappa shape index (κ3) is 3.27. The summed E-state index contributed by atoms with van der Waals surface area (Å²) in [6, 6.07) is 20.2. The zero-order chi connectivity index (χ0) is 17.2. The Labute approximate surface area is 149 Å². The number of hydrogen-bond donors (Lipinski definition) is 1. The molecule has 6 heteroatoms. The molecule has 0 saturated heterocycles. The molecule has 1 N–H and O–H groups in total. The summed E-state index contributed by atoms with van der Waals surface area (Å²) in [6.45, 7) is 0.433. The lowest BCUT2D eigenvalue weighted by Crippen LogP contribution is -2.00.